The van der Waals surface area contributed by atoms with Gasteiger partial charge in [0.2, 0.25) is 0 Å². The van der Waals surface area contributed by atoms with Crippen LogP contribution in [0.4, 0.5) is 0 Å². The number of hydrogen-bond donors (Lipinski definition) is 2. The first-order valence-electron chi connectivity index (χ1n) is 7.10. The van der Waals surface area contributed by atoms with Crippen molar-refractivity contribution >= 4 is 0 Å². The largest absolute Gasteiger partial charge is 0.491 e. The van der Waals surface area contributed by atoms with Crippen LogP contribution in [-0.4, -0.2) is 48.9 Å². The highest BCUT2D eigenvalue weighted by molar-refractivity contribution is 5.39. The van der Waals surface area contributed by atoms with E-state index in [0.717, 1.165) is 25.4 Å². The number of rotatable bonds is 7. The van der Waals surface area contributed by atoms with E-state index in [2.05, 4.69) is 30.1 Å². The molecule has 2 atom stereocenters. The summed E-state index contributed by atoms with van der Waals surface area (Å²) in [5.74, 6) is 0.957. The van der Waals surface area contributed by atoms with E-state index in [1.807, 2.05) is 18.2 Å². The summed E-state index contributed by atoms with van der Waals surface area (Å²) in [6.45, 7) is 8.15. The first-order valence-corrected chi connectivity index (χ1v) is 7.10. The fourth-order valence-corrected chi connectivity index (χ4v) is 2.45. The van der Waals surface area contributed by atoms with Gasteiger partial charge in [-0.3, -0.25) is 0 Å². The third kappa shape index (κ3) is 3.69. The van der Waals surface area contributed by atoms with Gasteiger partial charge >= 0.3 is 0 Å². The minimum absolute atomic E-state index is 0.197. The van der Waals surface area contributed by atoms with Crippen LogP contribution in [0.25, 0.3) is 0 Å². The molecule has 4 heteroatoms. The third-order valence-electron chi connectivity index (χ3n) is 3.66. The third-order valence-corrected chi connectivity index (χ3v) is 3.66. The monoisotopic (exact) mass is 264 g/mol. The molecular weight excluding hydrogens is 240 g/mol. The molecule has 1 aliphatic rings. The van der Waals surface area contributed by atoms with E-state index >= 15 is 0 Å². The molecule has 1 aromatic carbocycles. The first-order chi connectivity index (χ1) is 9.24. The molecule has 2 unspecified atom stereocenters. The number of para-hydroxylation sites is 1. The highest BCUT2D eigenvalue weighted by atomic mass is 16.5. The lowest BCUT2D eigenvalue weighted by Crippen LogP contribution is -2.39. The van der Waals surface area contributed by atoms with Gasteiger partial charge in [-0.05, 0) is 19.2 Å². The number of fused-ring (bicyclic) bond motifs is 1. The van der Waals surface area contributed by atoms with E-state index in [0.29, 0.717) is 13.2 Å². The highest BCUT2D eigenvalue weighted by Crippen LogP contribution is 2.31. The molecule has 0 fully saturated rings. The Morgan fingerprint density at radius 1 is 1.37 bits per heavy atom. The van der Waals surface area contributed by atoms with Crippen LogP contribution in [0.3, 0.4) is 0 Å². The zero-order valence-corrected chi connectivity index (χ0v) is 11.8. The second kappa shape index (κ2) is 6.89. The summed E-state index contributed by atoms with van der Waals surface area (Å²) in [5.41, 5.74) is 1.19. The molecular formula is C15H24N2O2. The molecule has 0 bridgehead atoms. The Kier molecular flexibility index (Phi) is 5.19. The number of benzene rings is 1. The first kappa shape index (κ1) is 14.3. The summed E-state index contributed by atoms with van der Waals surface area (Å²) in [6, 6.07) is 8.27. The summed E-state index contributed by atoms with van der Waals surface area (Å²) in [6.07, 6.45) is -0.340. The second-order valence-electron chi connectivity index (χ2n) is 4.95. The van der Waals surface area contributed by atoms with Gasteiger partial charge in [0.1, 0.15) is 12.4 Å². The van der Waals surface area contributed by atoms with Gasteiger partial charge in [-0.15, -0.1) is 0 Å². The molecule has 0 aromatic heterocycles. The van der Waals surface area contributed by atoms with Crippen molar-refractivity contribution in [1.82, 2.24) is 10.2 Å². The smallest absolute Gasteiger partial charge is 0.124 e. The Balaban J connectivity index is 1.80. The minimum atomic E-state index is -0.340. The van der Waals surface area contributed by atoms with Crippen LogP contribution in [0.15, 0.2) is 24.3 Å². The van der Waals surface area contributed by atoms with Crippen molar-refractivity contribution in [3.63, 3.8) is 0 Å². The van der Waals surface area contributed by atoms with Gasteiger partial charge in [-0.25, -0.2) is 0 Å². The Bertz CT molecular complexity index is 393. The van der Waals surface area contributed by atoms with Gasteiger partial charge in [0, 0.05) is 18.7 Å². The van der Waals surface area contributed by atoms with Gasteiger partial charge < -0.3 is 20.1 Å². The average molecular weight is 264 g/mol. The summed E-state index contributed by atoms with van der Waals surface area (Å²) >= 11 is 0. The van der Waals surface area contributed by atoms with Crippen molar-refractivity contribution in [2.45, 2.75) is 26.0 Å². The molecule has 1 heterocycles. The van der Waals surface area contributed by atoms with Crippen molar-refractivity contribution in [3.05, 3.63) is 29.8 Å². The van der Waals surface area contributed by atoms with Gasteiger partial charge in [0.05, 0.1) is 12.1 Å². The van der Waals surface area contributed by atoms with Gasteiger partial charge in [0.15, 0.2) is 0 Å². The van der Waals surface area contributed by atoms with Crippen LogP contribution in [0.2, 0.25) is 0 Å². The van der Waals surface area contributed by atoms with E-state index in [9.17, 15) is 5.11 Å². The summed E-state index contributed by atoms with van der Waals surface area (Å²) in [5, 5.41) is 13.4. The normalized spacial score (nSPS) is 19.3. The molecule has 0 saturated heterocycles. The molecule has 1 aromatic rings. The molecule has 0 radical (unpaired) electrons. The van der Waals surface area contributed by atoms with Crippen molar-refractivity contribution < 1.29 is 9.84 Å². The van der Waals surface area contributed by atoms with Crippen LogP contribution in [0.1, 0.15) is 25.5 Å². The van der Waals surface area contributed by atoms with Crippen molar-refractivity contribution in [1.29, 1.82) is 0 Å². The number of nitrogens with zero attached hydrogens (tertiary/aromatic N) is 1. The van der Waals surface area contributed by atoms with E-state index in [4.69, 9.17) is 4.74 Å². The number of hydrogen-bond acceptors (Lipinski definition) is 4. The highest BCUT2D eigenvalue weighted by Gasteiger charge is 2.23. The lowest BCUT2D eigenvalue weighted by molar-refractivity contribution is 0.112. The summed E-state index contributed by atoms with van der Waals surface area (Å²) < 4.78 is 5.61. The fraction of sp³-hybridized carbons (Fsp3) is 0.600. The number of aliphatic hydroxyl groups excluding tert-OH is 1. The van der Waals surface area contributed by atoms with Crippen LogP contribution in [0, 0.1) is 0 Å². The van der Waals surface area contributed by atoms with Crippen molar-refractivity contribution in [2.24, 2.45) is 0 Å². The van der Waals surface area contributed by atoms with Crippen LogP contribution in [-0.2, 0) is 0 Å². The number of ether oxygens (including phenoxy) is 1. The quantitative estimate of drug-likeness (QED) is 0.781. The molecule has 4 nitrogen and oxygen atoms in total. The van der Waals surface area contributed by atoms with Gasteiger partial charge in [0.25, 0.3) is 0 Å². The predicted octanol–water partition coefficient (Wildman–Crippen LogP) is 1.41. The van der Waals surface area contributed by atoms with E-state index < -0.39 is 0 Å². The van der Waals surface area contributed by atoms with Gasteiger partial charge in [-0.2, -0.15) is 0 Å². The second-order valence-corrected chi connectivity index (χ2v) is 4.95. The molecule has 0 amide bonds. The maximum atomic E-state index is 10.0. The number of nitrogens with one attached hydrogen (secondary N) is 1. The average Bonchev–Trinajstić information content (AvgIpc) is 2.86. The molecule has 0 saturated carbocycles. The Labute approximate surface area is 115 Å². The lowest BCUT2D eigenvalue weighted by atomic mass is 10.1. The van der Waals surface area contributed by atoms with Crippen LogP contribution < -0.4 is 10.1 Å². The molecule has 1 aliphatic heterocycles. The Morgan fingerprint density at radius 3 is 2.84 bits per heavy atom. The molecule has 0 spiro atoms. The van der Waals surface area contributed by atoms with Crippen molar-refractivity contribution in [3.8, 4) is 5.75 Å². The number of likely N-dealkylation sites (N-methyl/N-ethyl adjacent to an activating group) is 1. The lowest BCUT2D eigenvalue weighted by Gasteiger charge is -2.23. The Morgan fingerprint density at radius 2 is 2.11 bits per heavy atom. The SMILES string of the molecule is CCN(CC)CC(O)CNC1COc2ccccc21. The summed E-state index contributed by atoms with van der Waals surface area (Å²) in [7, 11) is 0. The molecule has 0 aliphatic carbocycles. The fourth-order valence-electron chi connectivity index (χ4n) is 2.45. The maximum Gasteiger partial charge on any atom is 0.124 e. The minimum Gasteiger partial charge on any atom is -0.491 e. The zero-order chi connectivity index (χ0) is 13.7. The zero-order valence-electron chi connectivity index (χ0n) is 11.8. The topological polar surface area (TPSA) is 44.7 Å². The molecule has 106 valence electrons. The predicted molar refractivity (Wildman–Crippen MR) is 76.5 cm³/mol. The molecule has 2 N–H and O–H groups in total. The molecule has 19 heavy (non-hydrogen) atoms. The maximum absolute atomic E-state index is 10.0. The van der Waals surface area contributed by atoms with Crippen LogP contribution >= 0.6 is 0 Å². The van der Waals surface area contributed by atoms with Gasteiger partial charge in [-0.1, -0.05) is 32.0 Å². The van der Waals surface area contributed by atoms with E-state index in [1.165, 1.54) is 5.56 Å². The molecule has 2 rings (SSSR count). The summed E-state index contributed by atoms with van der Waals surface area (Å²) in [4.78, 5) is 2.23. The van der Waals surface area contributed by atoms with Crippen LogP contribution in [0.5, 0.6) is 5.75 Å². The van der Waals surface area contributed by atoms with E-state index in [-0.39, 0.29) is 12.1 Å². The van der Waals surface area contributed by atoms with Crippen molar-refractivity contribution in [2.75, 3.05) is 32.8 Å². The Hall–Kier alpha value is -1.10. The standard InChI is InChI=1S/C15H24N2O2/c1-3-17(4-2)10-12(18)9-16-14-11-19-15-8-6-5-7-13(14)15/h5-8,12,14,16,18H,3-4,9-11H2,1-2H3. The van der Waals surface area contributed by atoms with E-state index in [1.54, 1.807) is 0 Å². The number of aliphatic hydroxyl groups is 1.